The van der Waals surface area contributed by atoms with Crippen molar-refractivity contribution in [3.63, 3.8) is 0 Å². The third kappa shape index (κ3) is 5.03. The molecule has 0 fully saturated rings. The van der Waals surface area contributed by atoms with Crippen molar-refractivity contribution in [1.82, 2.24) is 9.62 Å². The van der Waals surface area contributed by atoms with Gasteiger partial charge in [-0.2, -0.15) is 0 Å². The van der Waals surface area contributed by atoms with Crippen LogP contribution in [0.3, 0.4) is 0 Å². The standard InChI is InChI=1S/C12H19N3O3S3/c1-3-15(4-2)10(16)7-8-14-21(17,18)11-6-5-9(20-11)12(13)19/h5-6,14H,3-4,7-8H2,1-2H3,(H2,13,19). The van der Waals surface area contributed by atoms with Gasteiger partial charge in [-0.1, -0.05) is 12.2 Å². The number of nitrogens with two attached hydrogens (primary N) is 1. The fourth-order valence-corrected chi connectivity index (χ4v) is 4.12. The molecule has 21 heavy (non-hydrogen) atoms. The molecular weight excluding hydrogens is 330 g/mol. The van der Waals surface area contributed by atoms with Crippen LogP contribution in [0.2, 0.25) is 0 Å². The number of hydrogen-bond acceptors (Lipinski definition) is 5. The highest BCUT2D eigenvalue weighted by atomic mass is 32.2. The first kappa shape index (κ1) is 18.0. The van der Waals surface area contributed by atoms with Crippen LogP contribution in [0.15, 0.2) is 16.3 Å². The Hall–Kier alpha value is -1.03. The van der Waals surface area contributed by atoms with Gasteiger partial charge in [0.1, 0.15) is 9.20 Å². The lowest BCUT2D eigenvalue weighted by Gasteiger charge is -2.18. The molecule has 0 aliphatic carbocycles. The molecule has 1 amide bonds. The number of thiophene rings is 1. The molecule has 1 aromatic rings. The third-order valence-electron chi connectivity index (χ3n) is 2.84. The van der Waals surface area contributed by atoms with Gasteiger partial charge < -0.3 is 10.6 Å². The topological polar surface area (TPSA) is 92.5 Å². The summed E-state index contributed by atoms with van der Waals surface area (Å²) in [7, 11) is -3.63. The molecule has 6 nitrogen and oxygen atoms in total. The highest BCUT2D eigenvalue weighted by molar-refractivity contribution is 7.91. The van der Waals surface area contributed by atoms with Gasteiger partial charge in [0.25, 0.3) is 0 Å². The van der Waals surface area contributed by atoms with Crippen LogP contribution in [0.25, 0.3) is 0 Å². The Kier molecular flexibility index (Phi) is 6.72. The maximum absolute atomic E-state index is 12.0. The molecule has 0 aliphatic heterocycles. The predicted octanol–water partition coefficient (Wildman–Crippen LogP) is 0.919. The highest BCUT2D eigenvalue weighted by Crippen LogP contribution is 2.21. The molecule has 0 atom stereocenters. The number of nitrogens with one attached hydrogen (secondary N) is 1. The quantitative estimate of drug-likeness (QED) is 0.681. The van der Waals surface area contributed by atoms with Gasteiger partial charge in [-0.25, -0.2) is 13.1 Å². The van der Waals surface area contributed by atoms with Crippen molar-refractivity contribution in [2.45, 2.75) is 24.5 Å². The number of thiocarbonyl (C=S) groups is 1. The van der Waals surface area contributed by atoms with Crippen LogP contribution in [-0.2, 0) is 14.8 Å². The second-order valence-corrected chi connectivity index (χ2v) is 7.71. The number of rotatable bonds is 8. The van der Waals surface area contributed by atoms with Crippen LogP contribution in [0.1, 0.15) is 25.1 Å². The van der Waals surface area contributed by atoms with E-state index in [2.05, 4.69) is 4.72 Å². The van der Waals surface area contributed by atoms with Gasteiger partial charge in [0, 0.05) is 26.1 Å². The molecule has 3 N–H and O–H groups in total. The largest absolute Gasteiger partial charge is 0.389 e. The van der Waals surface area contributed by atoms with Crippen molar-refractivity contribution in [2.75, 3.05) is 19.6 Å². The Morgan fingerprint density at radius 1 is 1.38 bits per heavy atom. The molecule has 1 heterocycles. The SMILES string of the molecule is CCN(CC)C(=O)CCNS(=O)(=O)c1ccc(C(N)=S)s1. The normalized spacial score (nSPS) is 11.3. The second-order valence-electron chi connectivity index (χ2n) is 4.20. The van der Waals surface area contributed by atoms with E-state index in [1.165, 1.54) is 6.07 Å². The maximum atomic E-state index is 12.0. The fraction of sp³-hybridized carbons (Fsp3) is 0.500. The maximum Gasteiger partial charge on any atom is 0.250 e. The lowest BCUT2D eigenvalue weighted by Crippen LogP contribution is -2.34. The fourth-order valence-electron chi connectivity index (χ4n) is 1.69. The van der Waals surface area contributed by atoms with Crippen LogP contribution < -0.4 is 10.5 Å². The molecule has 0 aromatic carbocycles. The number of hydrogen-bond donors (Lipinski definition) is 2. The van der Waals surface area contributed by atoms with E-state index in [9.17, 15) is 13.2 Å². The number of carbonyl (C=O) groups is 1. The van der Waals surface area contributed by atoms with E-state index in [0.29, 0.717) is 18.0 Å². The molecule has 1 aromatic heterocycles. The zero-order valence-corrected chi connectivity index (χ0v) is 14.4. The van der Waals surface area contributed by atoms with E-state index in [1.807, 2.05) is 13.8 Å². The Labute approximate surface area is 134 Å². The number of amides is 1. The monoisotopic (exact) mass is 349 g/mol. The summed E-state index contributed by atoms with van der Waals surface area (Å²) in [6, 6.07) is 3.02. The first-order valence-corrected chi connectivity index (χ1v) is 9.19. The Morgan fingerprint density at radius 2 is 2.00 bits per heavy atom. The van der Waals surface area contributed by atoms with Gasteiger partial charge in [-0.15, -0.1) is 11.3 Å². The van der Waals surface area contributed by atoms with E-state index in [1.54, 1.807) is 11.0 Å². The number of sulfonamides is 1. The second kappa shape index (κ2) is 7.83. The molecule has 118 valence electrons. The van der Waals surface area contributed by atoms with Gasteiger partial charge >= 0.3 is 0 Å². The summed E-state index contributed by atoms with van der Waals surface area (Å²) >= 11 is 5.81. The summed E-state index contributed by atoms with van der Waals surface area (Å²) < 4.78 is 26.6. The van der Waals surface area contributed by atoms with Gasteiger partial charge in [-0.05, 0) is 26.0 Å². The summed E-state index contributed by atoms with van der Waals surface area (Å²) in [5.74, 6) is -0.0716. The van der Waals surface area contributed by atoms with E-state index in [4.69, 9.17) is 18.0 Å². The lowest BCUT2D eigenvalue weighted by atomic mass is 10.3. The van der Waals surface area contributed by atoms with E-state index in [-0.39, 0.29) is 28.1 Å². The van der Waals surface area contributed by atoms with Gasteiger partial charge in [0.15, 0.2) is 0 Å². The number of carbonyl (C=O) groups excluding carboxylic acids is 1. The van der Waals surface area contributed by atoms with E-state index < -0.39 is 10.0 Å². The van der Waals surface area contributed by atoms with Crippen LogP contribution >= 0.6 is 23.6 Å². The molecule has 0 spiro atoms. The van der Waals surface area contributed by atoms with E-state index >= 15 is 0 Å². The molecular formula is C12H19N3O3S3. The summed E-state index contributed by atoms with van der Waals surface area (Å²) in [5, 5.41) is 0. The molecule has 9 heteroatoms. The molecule has 0 unspecified atom stereocenters. The van der Waals surface area contributed by atoms with Crippen molar-refractivity contribution in [3.05, 3.63) is 17.0 Å². The smallest absolute Gasteiger partial charge is 0.250 e. The van der Waals surface area contributed by atoms with Crippen LogP contribution in [0.5, 0.6) is 0 Å². The summed E-state index contributed by atoms with van der Waals surface area (Å²) in [4.78, 5) is 14.1. The van der Waals surface area contributed by atoms with Crippen molar-refractivity contribution < 1.29 is 13.2 Å². The molecule has 1 rings (SSSR count). The Bertz CT molecular complexity index is 606. The zero-order chi connectivity index (χ0) is 16.0. The first-order chi connectivity index (χ1) is 9.81. The van der Waals surface area contributed by atoms with Crippen molar-refractivity contribution in [1.29, 1.82) is 0 Å². The van der Waals surface area contributed by atoms with Crippen LogP contribution in [0.4, 0.5) is 0 Å². The van der Waals surface area contributed by atoms with Crippen molar-refractivity contribution in [2.24, 2.45) is 5.73 Å². The first-order valence-electron chi connectivity index (χ1n) is 6.48. The zero-order valence-electron chi connectivity index (χ0n) is 12.0. The minimum atomic E-state index is -3.63. The van der Waals surface area contributed by atoms with Crippen LogP contribution in [0, 0.1) is 0 Å². The predicted molar refractivity (Wildman–Crippen MR) is 87.9 cm³/mol. The third-order valence-corrected chi connectivity index (χ3v) is 6.26. The lowest BCUT2D eigenvalue weighted by molar-refractivity contribution is -0.130. The Morgan fingerprint density at radius 3 is 2.48 bits per heavy atom. The number of nitrogens with zero attached hydrogens (tertiary/aromatic N) is 1. The molecule has 0 aliphatic rings. The molecule has 0 saturated carbocycles. The molecule has 0 radical (unpaired) electrons. The van der Waals surface area contributed by atoms with Crippen molar-refractivity contribution in [3.8, 4) is 0 Å². The van der Waals surface area contributed by atoms with Gasteiger partial charge in [-0.3, -0.25) is 4.79 Å². The minimum Gasteiger partial charge on any atom is -0.389 e. The van der Waals surface area contributed by atoms with Crippen molar-refractivity contribution >= 4 is 44.5 Å². The summed E-state index contributed by atoms with van der Waals surface area (Å²) in [6.07, 6.45) is 0.133. The molecule has 0 saturated heterocycles. The van der Waals surface area contributed by atoms with Gasteiger partial charge in [0.2, 0.25) is 15.9 Å². The minimum absolute atomic E-state index is 0.0674. The van der Waals surface area contributed by atoms with Gasteiger partial charge in [0.05, 0.1) is 4.88 Å². The Balaban J connectivity index is 2.61. The van der Waals surface area contributed by atoms with Crippen LogP contribution in [-0.4, -0.2) is 43.8 Å². The average molecular weight is 350 g/mol. The molecule has 0 bridgehead atoms. The highest BCUT2D eigenvalue weighted by Gasteiger charge is 2.18. The summed E-state index contributed by atoms with van der Waals surface area (Å²) in [5.41, 5.74) is 5.45. The van der Waals surface area contributed by atoms with E-state index in [0.717, 1.165) is 11.3 Å². The average Bonchev–Trinajstić information content (AvgIpc) is 2.90. The summed E-state index contributed by atoms with van der Waals surface area (Å²) in [6.45, 7) is 5.06.